The van der Waals surface area contributed by atoms with Gasteiger partial charge in [0.1, 0.15) is 5.82 Å². The van der Waals surface area contributed by atoms with E-state index in [0.29, 0.717) is 22.3 Å². The Bertz CT molecular complexity index is 1040. The fraction of sp³-hybridized carbons (Fsp3) is 0.0500. The van der Waals surface area contributed by atoms with Gasteiger partial charge in [-0.25, -0.2) is 4.39 Å². The minimum absolute atomic E-state index is 0.109. The maximum atomic E-state index is 13.0. The molecule has 0 N–H and O–H groups in total. The SMILES string of the molecule is O=C(CSc1nnc(-c2ccco2)n1-c1ccccc1)c1ccc(F)cc1. The Hall–Kier alpha value is -3.19. The molecule has 0 saturated heterocycles. The first-order chi connectivity index (χ1) is 13.2. The highest BCUT2D eigenvalue weighted by atomic mass is 32.2. The molecule has 0 bridgehead atoms. The molecule has 4 aromatic rings. The van der Waals surface area contributed by atoms with Crippen LogP contribution in [0, 0.1) is 5.82 Å². The van der Waals surface area contributed by atoms with Crippen molar-refractivity contribution >= 4 is 17.5 Å². The minimum Gasteiger partial charge on any atom is -0.461 e. The first-order valence-corrected chi connectivity index (χ1v) is 9.17. The first kappa shape index (κ1) is 17.2. The lowest BCUT2D eigenvalue weighted by Crippen LogP contribution is -2.05. The zero-order valence-electron chi connectivity index (χ0n) is 14.1. The third-order valence-electron chi connectivity index (χ3n) is 3.89. The van der Waals surface area contributed by atoms with E-state index < -0.39 is 0 Å². The van der Waals surface area contributed by atoms with Gasteiger partial charge in [0.2, 0.25) is 5.82 Å². The van der Waals surface area contributed by atoms with Crippen molar-refractivity contribution in [2.24, 2.45) is 0 Å². The third kappa shape index (κ3) is 3.68. The van der Waals surface area contributed by atoms with Gasteiger partial charge in [-0.15, -0.1) is 10.2 Å². The van der Waals surface area contributed by atoms with E-state index in [9.17, 15) is 9.18 Å². The Morgan fingerprint density at radius 3 is 2.48 bits per heavy atom. The van der Waals surface area contributed by atoms with Gasteiger partial charge >= 0.3 is 0 Å². The first-order valence-electron chi connectivity index (χ1n) is 8.18. The topological polar surface area (TPSA) is 60.9 Å². The summed E-state index contributed by atoms with van der Waals surface area (Å²) >= 11 is 1.27. The molecule has 4 rings (SSSR count). The molecule has 0 unspecified atom stereocenters. The van der Waals surface area contributed by atoms with Gasteiger partial charge in [-0.1, -0.05) is 30.0 Å². The van der Waals surface area contributed by atoms with Crippen LogP contribution in [-0.2, 0) is 0 Å². The number of hydrogen-bond acceptors (Lipinski definition) is 5. The van der Waals surface area contributed by atoms with Crippen LogP contribution >= 0.6 is 11.8 Å². The summed E-state index contributed by atoms with van der Waals surface area (Å²) in [5, 5.41) is 9.04. The molecule has 134 valence electrons. The Morgan fingerprint density at radius 2 is 1.78 bits per heavy atom. The van der Waals surface area contributed by atoms with Gasteiger partial charge in [-0.3, -0.25) is 9.36 Å². The molecular weight excluding hydrogens is 365 g/mol. The largest absolute Gasteiger partial charge is 0.461 e. The highest BCUT2D eigenvalue weighted by Gasteiger charge is 2.19. The number of ketones is 1. The second-order valence-electron chi connectivity index (χ2n) is 5.67. The molecular formula is C20H14FN3O2S. The highest BCUT2D eigenvalue weighted by molar-refractivity contribution is 7.99. The second-order valence-corrected chi connectivity index (χ2v) is 6.62. The fourth-order valence-electron chi connectivity index (χ4n) is 2.59. The number of carbonyl (C=O) groups excluding carboxylic acids is 1. The Labute approximate surface area is 158 Å². The van der Waals surface area contributed by atoms with Crippen LogP contribution in [0.3, 0.4) is 0 Å². The normalized spacial score (nSPS) is 10.9. The third-order valence-corrected chi connectivity index (χ3v) is 4.82. The summed E-state index contributed by atoms with van der Waals surface area (Å²) in [5.41, 5.74) is 1.33. The van der Waals surface area contributed by atoms with Crippen LogP contribution in [0.25, 0.3) is 17.3 Å². The van der Waals surface area contributed by atoms with Crippen LogP contribution < -0.4 is 0 Å². The number of hydrogen-bond donors (Lipinski definition) is 0. The quantitative estimate of drug-likeness (QED) is 0.361. The van der Waals surface area contributed by atoms with Crippen LogP contribution in [0.5, 0.6) is 0 Å². The predicted octanol–water partition coefficient (Wildman–Crippen LogP) is 4.64. The molecule has 0 radical (unpaired) electrons. The Balaban J connectivity index is 1.63. The molecule has 2 aromatic heterocycles. The van der Waals surface area contributed by atoms with Crippen LogP contribution in [0.4, 0.5) is 4.39 Å². The predicted molar refractivity (Wildman–Crippen MR) is 101 cm³/mol. The van der Waals surface area contributed by atoms with Crippen molar-refractivity contribution in [3.8, 4) is 17.3 Å². The van der Waals surface area contributed by atoms with Crippen LogP contribution in [0.2, 0.25) is 0 Å². The lowest BCUT2D eigenvalue weighted by atomic mass is 10.1. The Morgan fingerprint density at radius 1 is 1.00 bits per heavy atom. The zero-order chi connectivity index (χ0) is 18.6. The van der Waals surface area contributed by atoms with Gasteiger partial charge in [0.05, 0.1) is 12.0 Å². The van der Waals surface area contributed by atoms with E-state index in [2.05, 4.69) is 10.2 Å². The molecule has 0 amide bonds. The monoisotopic (exact) mass is 379 g/mol. The van der Waals surface area contributed by atoms with Gasteiger partial charge < -0.3 is 4.42 Å². The number of nitrogens with zero attached hydrogens (tertiary/aromatic N) is 3. The van der Waals surface area contributed by atoms with E-state index in [0.717, 1.165) is 5.69 Å². The van der Waals surface area contributed by atoms with Gasteiger partial charge in [-0.05, 0) is 48.5 Å². The van der Waals surface area contributed by atoms with Crippen molar-refractivity contribution < 1.29 is 13.6 Å². The number of Topliss-reactive ketones (excluding diaryl/α,β-unsaturated/α-hetero) is 1. The summed E-state index contributed by atoms with van der Waals surface area (Å²) in [4.78, 5) is 12.4. The van der Waals surface area contributed by atoms with E-state index >= 15 is 0 Å². The standard InChI is InChI=1S/C20H14FN3O2S/c21-15-10-8-14(9-11-15)17(25)13-27-20-23-22-19(18-7-4-12-26-18)24(20)16-5-2-1-3-6-16/h1-12H,13H2. The van der Waals surface area contributed by atoms with Crippen molar-refractivity contribution in [2.45, 2.75) is 5.16 Å². The number of para-hydroxylation sites is 1. The van der Waals surface area contributed by atoms with Crippen LogP contribution in [0.15, 0.2) is 82.6 Å². The van der Waals surface area contributed by atoms with Crippen molar-refractivity contribution in [1.29, 1.82) is 0 Å². The smallest absolute Gasteiger partial charge is 0.205 e. The van der Waals surface area contributed by atoms with E-state index in [1.54, 1.807) is 12.3 Å². The average molecular weight is 379 g/mol. The van der Waals surface area contributed by atoms with Gasteiger partial charge in [0.25, 0.3) is 0 Å². The van der Waals surface area contributed by atoms with E-state index in [4.69, 9.17) is 4.42 Å². The summed E-state index contributed by atoms with van der Waals surface area (Å²) in [6.07, 6.45) is 1.57. The number of aromatic nitrogens is 3. The molecule has 0 spiro atoms. The summed E-state index contributed by atoms with van der Waals surface area (Å²) in [5.74, 6) is 0.827. The fourth-order valence-corrected chi connectivity index (χ4v) is 3.43. The lowest BCUT2D eigenvalue weighted by Gasteiger charge is -2.08. The maximum Gasteiger partial charge on any atom is 0.205 e. The van der Waals surface area contributed by atoms with Crippen molar-refractivity contribution in [1.82, 2.24) is 14.8 Å². The zero-order valence-corrected chi connectivity index (χ0v) is 14.9. The van der Waals surface area contributed by atoms with Crippen molar-refractivity contribution in [3.05, 3.63) is 84.4 Å². The van der Waals surface area contributed by atoms with Crippen molar-refractivity contribution in [2.75, 3.05) is 5.75 Å². The highest BCUT2D eigenvalue weighted by Crippen LogP contribution is 2.28. The van der Waals surface area contributed by atoms with Crippen molar-refractivity contribution in [3.63, 3.8) is 0 Å². The molecule has 0 aliphatic heterocycles. The van der Waals surface area contributed by atoms with Crippen LogP contribution in [0.1, 0.15) is 10.4 Å². The van der Waals surface area contributed by atoms with Gasteiger partial charge in [0, 0.05) is 11.3 Å². The lowest BCUT2D eigenvalue weighted by molar-refractivity contribution is 0.102. The van der Waals surface area contributed by atoms with Crippen LogP contribution in [-0.4, -0.2) is 26.3 Å². The number of benzene rings is 2. The molecule has 5 nitrogen and oxygen atoms in total. The van der Waals surface area contributed by atoms with E-state index in [1.807, 2.05) is 41.0 Å². The second kappa shape index (κ2) is 7.59. The molecule has 0 aliphatic carbocycles. The molecule has 0 fully saturated rings. The number of carbonyl (C=O) groups is 1. The minimum atomic E-state index is -0.369. The molecule has 0 saturated carbocycles. The summed E-state index contributed by atoms with van der Waals surface area (Å²) in [7, 11) is 0. The summed E-state index contributed by atoms with van der Waals surface area (Å²) in [6.45, 7) is 0. The average Bonchev–Trinajstić information content (AvgIpc) is 3.37. The Kier molecular flexibility index (Phi) is 4.84. The molecule has 2 heterocycles. The molecule has 7 heteroatoms. The summed E-state index contributed by atoms with van der Waals surface area (Å²) < 4.78 is 20.3. The molecule has 0 atom stereocenters. The molecule has 27 heavy (non-hydrogen) atoms. The van der Waals surface area contributed by atoms with Gasteiger partial charge in [0.15, 0.2) is 16.7 Å². The number of rotatable bonds is 6. The molecule has 0 aliphatic rings. The number of furan rings is 1. The molecule has 2 aromatic carbocycles. The van der Waals surface area contributed by atoms with E-state index in [1.165, 1.54) is 36.0 Å². The van der Waals surface area contributed by atoms with E-state index in [-0.39, 0.29) is 17.4 Å². The van der Waals surface area contributed by atoms with Gasteiger partial charge in [-0.2, -0.15) is 0 Å². The maximum absolute atomic E-state index is 13.0. The number of thioether (sulfide) groups is 1. The number of halogens is 1. The summed E-state index contributed by atoms with van der Waals surface area (Å²) in [6, 6.07) is 18.7.